The largest absolute Gasteiger partial charge is 0.394 e. The Morgan fingerprint density at radius 1 is 1.23 bits per heavy atom. The van der Waals surface area contributed by atoms with Gasteiger partial charge >= 0.3 is 0 Å². The summed E-state index contributed by atoms with van der Waals surface area (Å²) in [6.07, 6.45) is 6.07. The maximum absolute atomic E-state index is 13.2. The summed E-state index contributed by atoms with van der Waals surface area (Å²) in [5.41, 5.74) is 2.71. The molecule has 2 amide bonds. The third-order valence-electron chi connectivity index (χ3n) is 7.05. The number of carbonyl (C=O) groups is 2. The quantitative estimate of drug-likeness (QED) is 0.629. The Bertz CT molecular complexity index is 1110. The number of aliphatic hydroxyl groups is 1. The van der Waals surface area contributed by atoms with Crippen LogP contribution >= 0.6 is 11.6 Å². The van der Waals surface area contributed by atoms with Crippen LogP contribution in [-0.4, -0.2) is 81.7 Å². The van der Waals surface area contributed by atoms with Crippen molar-refractivity contribution in [2.24, 2.45) is 0 Å². The standard InChI is InChI=1S/C25H30ClN5O4/c26-21-12-27-25(28-18-6-9-35-10-7-18)29-23(21)16-4-5-17-13-30(24(34)20(17)11-16)14-22(33)31-8-2-1-3-19(31)15-32/h4-5,11-12,18-19,32H,1-3,6-10,13-15H2,(H,27,28,29). The molecule has 3 aliphatic rings. The Kier molecular flexibility index (Phi) is 7.17. The van der Waals surface area contributed by atoms with Gasteiger partial charge in [-0.25, -0.2) is 9.97 Å². The number of benzene rings is 1. The summed E-state index contributed by atoms with van der Waals surface area (Å²) in [6, 6.07) is 5.68. The number of anilines is 1. The highest BCUT2D eigenvalue weighted by atomic mass is 35.5. The number of nitrogens with zero attached hydrogens (tertiary/aromatic N) is 4. The van der Waals surface area contributed by atoms with E-state index in [1.165, 1.54) is 0 Å². The van der Waals surface area contributed by atoms with E-state index in [4.69, 9.17) is 16.3 Å². The highest BCUT2D eigenvalue weighted by Gasteiger charge is 2.33. The zero-order chi connectivity index (χ0) is 24.4. The molecule has 3 aliphatic heterocycles. The smallest absolute Gasteiger partial charge is 0.254 e. The van der Waals surface area contributed by atoms with E-state index in [0.717, 1.165) is 43.2 Å². The summed E-state index contributed by atoms with van der Waals surface area (Å²) in [6.45, 7) is 2.39. The van der Waals surface area contributed by atoms with Gasteiger partial charge in [-0.2, -0.15) is 0 Å². The molecule has 0 spiro atoms. The topological polar surface area (TPSA) is 108 Å². The average molecular weight is 500 g/mol. The number of carbonyl (C=O) groups excluding carboxylic acids is 2. The van der Waals surface area contributed by atoms with Gasteiger partial charge in [0.2, 0.25) is 11.9 Å². The van der Waals surface area contributed by atoms with E-state index in [1.807, 2.05) is 12.1 Å². The summed E-state index contributed by atoms with van der Waals surface area (Å²) in [5, 5.41) is 13.4. The van der Waals surface area contributed by atoms with Crippen LogP contribution in [0.2, 0.25) is 5.02 Å². The molecule has 2 fully saturated rings. The Balaban J connectivity index is 1.31. The van der Waals surface area contributed by atoms with Crippen LogP contribution in [0.5, 0.6) is 0 Å². The Hall–Kier alpha value is -2.75. The first-order valence-corrected chi connectivity index (χ1v) is 12.6. The Labute approximate surface area is 209 Å². The number of aliphatic hydroxyl groups excluding tert-OH is 1. The molecule has 1 aromatic heterocycles. The van der Waals surface area contributed by atoms with Crippen molar-refractivity contribution in [2.75, 3.05) is 38.2 Å². The van der Waals surface area contributed by atoms with E-state index >= 15 is 0 Å². The number of nitrogens with one attached hydrogen (secondary N) is 1. The summed E-state index contributed by atoms with van der Waals surface area (Å²) in [5.74, 6) is 0.196. The van der Waals surface area contributed by atoms with Crippen LogP contribution in [0.4, 0.5) is 5.95 Å². The van der Waals surface area contributed by atoms with Crippen molar-refractivity contribution < 1.29 is 19.4 Å². The lowest BCUT2D eigenvalue weighted by atomic mass is 10.0. The number of amides is 2. The van der Waals surface area contributed by atoms with Gasteiger partial charge in [0.15, 0.2) is 0 Å². The van der Waals surface area contributed by atoms with Gasteiger partial charge in [0.25, 0.3) is 5.91 Å². The maximum Gasteiger partial charge on any atom is 0.254 e. The lowest BCUT2D eigenvalue weighted by Crippen LogP contribution is -2.49. The number of halogens is 1. The molecular weight excluding hydrogens is 470 g/mol. The number of piperidine rings is 1. The molecule has 2 N–H and O–H groups in total. The molecule has 0 bridgehead atoms. The molecule has 4 heterocycles. The van der Waals surface area contributed by atoms with Crippen molar-refractivity contribution >= 4 is 29.4 Å². The lowest BCUT2D eigenvalue weighted by Gasteiger charge is -2.35. The minimum atomic E-state index is -0.182. The highest BCUT2D eigenvalue weighted by Crippen LogP contribution is 2.32. The summed E-state index contributed by atoms with van der Waals surface area (Å²) < 4.78 is 5.41. The maximum atomic E-state index is 13.2. The van der Waals surface area contributed by atoms with Gasteiger partial charge in [0.05, 0.1) is 29.6 Å². The molecule has 0 saturated carbocycles. The number of fused-ring (bicyclic) bond motifs is 1. The van der Waals surface area contributed by atoms with Gasteiger partial charge in [0, 0.05) is 43.5 Å². The third kappa shape index (κ3) is 5.12. The van der Waals surface area contributed by atoms with Crippen LogP contribution in [0, 0.1) is 0 Å². The molecule has 1 unspecified atom stereocenters. The van der Waals surface area contributed by atoms with Crippen LogP contribution in [0.15, 0.2) is 24.4 Å². The molecule has 10 heteroatoms. The van der Waals surface area contributed by atoms with Gasteiger partial charge in [-0.15, -0.1) is 0 Å². The van der Waals surface area contributed by atoms with Crippen LogP contribution in [-0.2, 0) is 16.1 Å². The Morgan fingerprint density at radius 2 is 2.06 bits per heavy atom. The van der Waals surface area contributed by atoms with Crippen molar-refractivity contribution in [2.45, 2.75) is 50.7 Å². The van der Waals surface area contributed by atoms with Gasteiger partial charge < -0.3 is 25.0 Å². The zero-order valence-corrected chi connectivity index (χ0v) is 20.3. The minimum Gasteiger partial charge on any atom is -0.394 e. The van der Waals surface area contributed by atoms with Crippen LogP contribution in [0.1, 0.15) is 48.0 Å². The molecule has 2 saturated heterocycles. The molecule has 186 valence electrons. The third-order valence-corrected chi connectivity index (χ3v) is 7.32. The molecule has 1 aromatic carbocycles. The molecule has 9 nitrogen and oxygen atoms in total. The van der Waals surface area contributed by atoms with Gasteiger partial charge in [0.1, 0.15) is 6.54 Å². The van der Waals surface area contributed by atoms with E-state index in [-0.39, 0.29) is 37.0 Å². The second-order valence-corrected chi connectivity index (χ2v) is 9.78. The lowest BCUT2D eigenvalue weighted by molar-refractivity contribution is -0.136. The normalized spacial score (nSPS) is 20.7. The number of rotatable bonds is 6. The van der Waals surface area contributed by atoms with Crippen molar-refractivity contribution in [3.05, 3.63) is 40.5 Å². The number of aromatic nitrogens is 2. The predicted molar refractivity (Wildman–Crippen MR) is 131 cm³/mol. The molecule has 35 heavy (non-hydrogen) atoms. The van der Waals surface area contributed by atoms with E-state index in [1.54, 1.807) is 22.1 Å². The van der Waals surface area contributed by atoms with Gasteiger partial charge in [-0.05, 0) is 43.7 Å². The van der Waals surface area contributed by atoms with E-state index in [2.05, 4.69) is 15.3 Å². The first-order valence-electron chi connectivity index (χ1n) is 12.2. The SMILES string of the molecule is O=C1c2cc(-c3nc(NC4CCOCC4)ncc3Cl)ccc2CN1CC(=O)N1CCCCC1CO. The fourth-order valence-electron chi connectivity index (χ4n) is 5.07. The molecule has 5 rings (SSSR count). The number of ether oxygens (including phenoxy) is 1. The number of hydrogen-bond acceptors (Lipinski definition) is 7. The van der Waals surface area contributed by atoms with Crippen LogP contribution in [0.25, 0.3) is 11.3 Å². The van der Waals surface area contributed by atoms with E-state index in [9.17, 15) is 14.7 Å². The summed E-state index contributed by atoms with van der Waals surface area (Å²) in [4.78, 5) is 38.3. The average Bonchev–Trinajstić information content (AvgIpc) is 3.20. The fourth-order valence-corrected chi connectivity index (χ4v) is 5.27. The minimum absolute atomic E-state index is 0.00673. The second-order valence-electron chi connectivity index (χ2n) is 9.37. The first-order chi connectivity index (χ1) is 17.0. The number of likely N-dealkylation sites (tertiary alicyclic amines) is 1. The van der Waals surface area contributed by atoms with Gasteiger partial charge in [-0.1, -0.05) is 23.7 Å². The van der Waals surface area contributed by atoms with Gasteiger partial charge in [-0.3, -0.25) is 9.59 Å². The number of hydrogen-bond donors (Lipinski definition) is 2. The second kappa shape index (κ2) is 10.5. The molecule has 1 atom stereocenters. The highest BCUT2D eigenvalue weighted by molar-refractivity contribution is 6.33. The van der Waals surface area contributed by atoms with E-state index in [0.29, 0.717) is 48.5 Å². The van der Waals surface area contributed by atoms with Crippen molar-refractivity contribution in [1.29, 1.82) is 0 Å². The molecule has 2 aromatic rings. The van der Waals surface area contributed by atoms with Crippen molar-refractivity contribution in [1.82, 2.24) is 19.8 Å². The summed E-state index contributed by atoms with van der Waals surface area (Å²) >= 11 is 6.43. The first kappa shape index (κ1) is 24.0. The molecular formula is C25H30ClN5O4. The van der Waals surface area contributed by atoms with E-state index < -0.39 is 0 Å². The molecule has 0 aliphatic carbocycles. The predicted octanol–water partition coefficient (Wildman–Crippen LogP) is 2.72. The zero-order valence-electron chi connectivity index (χ0n) is 19.6. The summed E-state index contributed by atoms with van der Waals surface area (Å²) in [7, 11) is 0. The fraction of sp³-hybridized carbons (Fsp3) is 0.520. The van der Waals surface area contributed by atoms with Crippen molar-refractivity contribution in [3.63, 3.8) is 0 Å². The molecule has 0 radical (unpaired) electrons. The van der Waals surface area contributed by atoms with Crippen LogP contribution in [0.3, 0.4) is 0 Å². The monoisotopic (exact) mass is 499 g/mol. The van der Waals surface area contributed by atoms with Crippen molar-refractivity contribution in [3.8, 4) is 11.3 Å². The van der Waals surface area contributed by atoms with Crippen LogP contribution < -0.4 is 5.32 Å². The Morgan fingerprint density at radius 3 is 2.86 bits per heavy atom.